The Balaban J connectivity index is 1.42. The van der Waals surface area contributed by atoms with Crippen molar-refractivity contribution in [3.8, 4) is 11.5 Å². The number of nitrogens with two attached hydrogens (primary N) is 1. The molecule has 0 aliphatic carbocycles. The number of quaternary nitrogens is 1. The van der Waals surface area contributed by atoms with E-state index in [1.807, 2.05) is 12.1 Å². The third-order valence-electron chi connectivity index (χ3n) is 4.56. The Labute approximate surface area is 156 Å². The molecule has 2 heterocycles. The highest BCUT2D eigenvalue weighted by Crippen LogP contribution is 2.27. The van der Waals surface area contributed by atoms with Gasteiger partial charge in [0.05, 0.1) is 37.5 Å². The Kier molecular flexibility index (Phi) is 4.77. The Bertz CT molecular complexity index is 1040. The normalized spacial score (nSPS) is 11.3. The van der Waals surface area contributed by atoms with Crippen LogP contribution in [0.3, 0.4) is 0 Å². The summed E-state index contributed by atoms with van der Waals surface area (Å²) in [5, 5.41) is 4.55. The van der Waals surface area contributed by atoms with Gasteiger partial charge >= 0.3 is 0 Å². The number of hydrogen-bond acceptors (Lipinski definition) is 4. The third kappa shape index (κ3) is 3.13. The Morgan fingerprint density at radius 3 is 2.77 bits per heavy atom. The number of methoxy groups -OCH3 is 2. The average Bonchev–Trinajstić information content (AvgIpc) is 3.24. The summed E-state index contributed by atoms with van der Waals surface area (Å²) in [5.74, 6) is 1.56. The van der Waals surface area contributed by atoms with Gasteiger partial charge in [0, 0.05) is 11.8 Å². The lowest BCUT2D eigenvalue weighted by molar-refractivity contribution is -0.670. The number of rotatable bonds is 7. The second kappa shape index (κ2) is 7.35. The highest BCUT2D eigenvalue weighted by Gasteiger charge is 2.11. The zero-order valence-corrected chi connectivity index (χ0v) is 15.8. The standard InChI is InChI=1S/C20H21N3O2S/c1-24-18-8-7-14(11-19(18)25-2)9-10-21-12-15-13-26-20-22-16-5-3-4-6-17(16)23(15)20/h3-8,11,13,21H,9-10,12H2,1-2H3/p+1. The molecule has 0 spiro atoms. The summed E-state index contributed by atoms with van der Waals surface area (Å²) >= 11 is 1.70. The Morgan fingerprint density at radius 2 is 1.92 bits per heavy atom. The van der Waals surface area contributed by atoms with E-state index in [4.69, 9.17) is 9.47 Å². The van der Waals surface area contributed by atoms with Gasteiger partial charge < -0.3 is 14.8 Å². The lowest BCUT2D eigenvalue weighted by Crippen LogP contribution is -2.83. The molecule has 2 aromatic heterocycles. The van der Waals surface area contributed by atoms with Crippen LogP contribution in [0.25, 0.3) is 16.0 Å². The molecule has 4 aromatic rings. The summed E-state index contributed by atoms with van der Waals surface area (Å²) in [5.41, 5.74) is 4.80. The van der Waals surface area contributed by atoms with Crippen LogP contribution in [0, 0.1) is 0 Å². The predicted octanol–water partition coefficient (Wildman–Crippen LogP) is 2.87. The van der Waals surface area contributed by atoms with E-state index in [0.29, 0.717) is 0 Å². The van der Waals surface area contributed by atoms with Gasteiger partial charge in [-0.2, -0.15) is 0 Å². The zero-order chi connectivity index (χ0) is 17.9. The highest BCUT2D eigenvalue weighted by atomic mass is 32.1. The minimum atomic E-state index is 0.771. The summed E-state index contributed by atoms with van der Waals surface area (Å²) in [7, 11) is 3.33. The summed E-state index contributed by atoms with van der Waals surface area (Å²) in [6.45, 7) is 1.95. The molecule has 0 fully saturated rings. The van der Waals surface area contributed by atoms with Crippen molar-refractivity contribution >= 4 is 27.3 Å². The van der Waals surface area contributed by atoms with Gasteiger partial charge in [-0.25, -0.2) is 4.98 Å². The van der Waals surface area contributed by atoms with Gasteiger partial charge in [0.15, 0.2) is 16.5 Å². The lowest BCUT2D eigenvalue weighted by atomic mass is 10.1. The van der Waals surface area contributed by atoms with E-state index in [9.17, 15) is 0 Å². The number of benzene rings is 2. The first-order valence-electron chi connectivity index (χ1n) is 8.66. The molecule has 26 heavy (non-hydrogen) atoms. The van der Waals surface area contributed by atoms with Crippen LogP contribution in [0.5, 0.6) is 11.5 Å². The maximum Gasteiger partial charge on any atom is 0.195 e. The number of nitrogens with zero attached hydrogens (tertiary/aromatic N) is 2. The van der Waals surface area contributed by atoms with E-state index in [0.717, 1.165) is 41.5 Å². The molecule has 5 nitrogen and oxygen atoms in total. The van der Waals surface area contributed by atoms with E-state index in [2.05, 4.69) is 50.4 Å². The molecular formula is C20H22N3O2S+. The van der Waals surface area contributed by atoms with Crippen LogP contribution < -0.4 is 14.8 Å². The molecule has 0 unspecified atom stereocenters. The van der Waals surface area contributed by atoms with Gasteiger partial charge in [0.25, 0.3) is 0 Å². The van der Waals surface area contributed by atoms with Crippen LogP contribution in [-0.4, -0.2) is 30.1 Å². The van der Waals surface area contributed by atoms with Gasteiger partial charge in [0.1, 0.15) is 6.54 Å². The average molecular weight is 368 g/mol. The third-order valence-corrected chi connectivity index (χ3v) is 5.43. The van der Waals surface area contributed by atoms with Crippen LogP contribution in [-0.2, 0) is 13.0 Å². The molecule has 0 radical (unpaired) electrons. The van der Waals surface area contributed by atoms with Crippen molar-refractivity contribution in [3.63, 3.8) is 0 Å². The van der Waals surface area contributed by atoms with E-state index in [-0.39, 0.29) is 0 Å². The number of fused-ring (bicyclic) bond motifs is 3. The predicted molar refractivity (Wildman–Crippen MR) is 104 cm³/mol. The quantitative estimate of drug-likeness (QED) is 0.510. The fourth-order valence-electron chi connectivity index (χ4n) is 3.23. The molecule has 0 aliphatic heterocycles. The molecule has 0 saturated carbocycles. The van der Waals surface area contributed by atoms with Crippen LogP contribution in [0.15, 0.2) is 47.8 Å². The number of para-hydroxylation sites is 2. The lowest BCUT2D eigenvalue weighted by Gasteiger charge is -2.09. The van der Waals surface area contributed by atoms with Gasteiger partial charge in [-0.3, -0.25) is 4.40 Å². The molecule has 0 bridgehead atoms. The molecule has 0 atom stereocenters. The van der Waals surface area contributed by atoms with E-state index >= 15 is 0 Å². The molecule has 0 aliphatic rings. The summed E-state index contributed by atoms with van der Waals surface area (Å²) in [6, 6.07) is 14.4. The Morgan fingerprint density at radius 1 is 1.08 bits per heavy atom. The van der Waals surface area contributed by atoms with Crippen molar-refractivity contribution in [3.05, 3.63) is 59.1 Å². The summed E-state index contributed by atoms with van der Waals surface area (Å²) in [6.07, 6.45) is 0.984. The second-order valence-electron chi connectivity index (χ2n) is 6.17. The molecule has 4 rings (SSSR count). The molecular weight excluding hydrogens is 346 g/mol. The number of aromatic nitrogens is 2. The first-order valence-corrected chi connectivity index (χ1v) is 9.54. The highest BCUT2D eigenvalue weighted by molar-refractivity contribution is 7.15. The maximum atomic E-state index is 5.38. The van der Waals surface area contributed by atoms with E-state index in [1.54, 1.807) is 25.6 Å². The van der Waals surface area contributed by atoms with Crippen molar-refractivity contribution in [2.45, 2.75) is 13.0 Å². The van der Waals surface area contributed by atoms with Gasteiger partial charge in [-0.1, -0.05) is 18.2 Å². The van der Waals surface area contributed by atoms with E-state index < -0.39 is 0 Å². The molecule has 6 heteroatoms. The molecule has 0 amide bonds. The van der Waals surface area contributed by atoms with Crippen molar-refractivity contribution < 1.29 is 14.8 Å². The largest absolute Gasteiger partial charge is 0.493 e. The molecule has 134 valence electrons. The molecule has 2 aromatic carbocycles. The summed E-state index contributed by atoms with van der Waals surface area (Å²) < 4.78 is 12.9. The number of thiazole rings is 1. The monoisotopic (exact) mass is 368 g/mol. The van der Waals surface area contributed by atoms with Crippen molar-refractivity contribution in [1.29, 1.82) is 0 Å². The smallest absolute Gasteiger partial charge is 0.195 e. The second-order valence-corrected chi connectivity index (χ2v) is 7.00. The fourth-order valence-corrected chi connectivity index (χ4v) is 4.14. The first-order chi connectivity index (χ1) is 12.8. The minimum absolute atomic E-state index is 0.771. The van der Waals surface area contributed by atoms with Crippen molar-refractivity contribution in [1.82, 2.24) is 9.38 Å². The van der Waals surface area contributed by atoms with Gasteiger partial charge in [0.2, 0.25) is 0 Å². The van der Waals surface area contributed by atoms with Crippen LogP contribution in [0.1, 0.15) is 11.3 Å². The topological polar surface area (TPSA) is 52.4 Å². The Hall–Kier alpha value is -2.57. The van der Waals surface area contributed by atoms with E-state index in [1.165, 1.54) is 16.8 Å². The van der Waals surface area contributed by atoms with Crippen molar-refractivity contribution in [2.75, 3.05) is 20.8 Å². The van der Waals surface area contributed by atoms with Gasteiger partial charge in [-0.05, 0) is 29.8 Å². The van der Waals surface area contributed by atoms with Crippen molar-refractivity contribution in [2.24, 2.45) is 0 Å². The van der Waals surface area contributed by atoms with Gasteiger partial charge in [-0.15, -0.1) is 11.3 Å². The van der Waals surface area contributed by atoms with Crippen LogP contribution in [0.4, 0.5) is 0 Å². The first kappa shape index (κ1) is 16.9. The summed E-state index contributed by atoms with van der Waals surface area (Å²) in [4.78, 5) is 5.75. The van der Waals surface area contributed by atoms with Crippen LogP contribution in [0.2, 0.25) is 0 Å². The number of hydrogen-bond donors (Lipinski definition) is 1. The maximum absolute atomic E-state index is 5.38. The number of imidazole rings is 1. The number of ether oxygens (including phenoxy) is 2. The zero-order valence-electron chi connectivity index (χ0n) is 14.9. The molecule has 0 saturated heterocycles. The fraction of sp³-hybridized carbons (Fsp3) is 0.250. The van der Waals surface area contributed by atoms with Crippen LogP contribution >= 0.6 is 11.3 Å². The SMILES string of the molecule is COc1ccc(CC[NH2+]Cc2csc3nc4ccccc4n23)cc1OC. The minimum Gasteiger partial charge on any atom is -0.493 e. The molecule has 2 N–H and O–H groups in total.